The molecule has 34 heavy (non-hydrogen) atoms. The first kappa shape index (κ1) is 22.0. The first-order valence-electron chi connectivity index (χ1n) is 11.7. The van der Waals surface area contributed by atoms with Crippen molar-refractivity contribution in [2.45, 2.75) is 45.1 Å². The number of benzene rings is 1. The topological polar surface area (TPSA) is 104 Å². The van der Waals surface area contributed by atoms with Gasteiger partial charge in [-0.2, -0.15) is 9.78 Å². The third-order valence-electron chi connectivity index (χ3n) is 5.98. The molecular weight excluding hydrogens is 432 g/mol. The van der Waals surface area contributed by atoms with Gasteiger partial charge in [-0.1, -0.05) is 5.21 Å². The molecule has 4 aromatic rings. The van der Waals surface area contributed by atoms with E-state index in [9.17, 15) is 4.79 Å². The highest BCUT2D eigenvalue weighted by atomic mass is 16.5. The van der Waals surface area contributed by atoms with Gasteiger partial charge in [-0.15, -0.1) is 5.10 Å². The summed E-state index contributed by atoms with van der Waals surface area (Å²) in [7, 11) is 1.88. The van der Waals surface area contributed by atoms with Crippen molar-refractivity contribution in [3.63, 3.8) is 0 Å². The maximum atomic E-state index is 12.4. The summed E-state index contributed by atoms with van der Waals surface area (Å²) in [5.74, 6) is 1.65. The van der Waals surface area contributed by atoms with Gasteiger partial charge in [-0.3, -0.25) is 9.48 Å². The van der Waals surface area contributed by atoms with Crippen LogP contribution in [-0.4, -0.2) is 65.7 Å². The molecule has 0 spiro atoms. The molecule has 0 aliphatic carbocycles. The minimum absolute atomic E-state index is 0.185. The summed E-state index contributed by atoms with van der Waals surface area (Å²) in [5, 5.41) is 13.0. The Morgan fingerprint density at radius 3 is 2.74 bits per heavy atom. The molecule has 5 heterocycles. The molecule has 10 heteroatoms. The van der Waals surface area contributed by atoms with E-state index in [0.717, 1.165) is 55.8 Å². The van der Waals surface area contributed by atoms with E-state index in [-0.39, 0.29) is 5.91 Å². The maximum absolute atomic E-state index is 12.4. The highest BCUT2D eigenvalue weighted by Gasteiger charge is 2.12. The Morgan fingerprint density at radius 2 is 1.85 bits per heavy atom. The zero-order valence-corrected chi connectivity index (χ0v) is 19.3. The Morgan fingerprint density at radius 1 is 1.00 bits per heavy atom. The van der Waals surface area contributed by atoms with Crippen molar-refractivity contribution in [1.82, 2.24) is 39.6 Å². The second-order valence-corrected chi connectivity index (χ2v) is 8.61. The van der Waals surface area contributed by atoms with Gasteiger partial charge in [0.05, 0.1) is 24.7 Å². The quantitative estimate of drug-likeness (QED) is 0.397. The number of carbonyl (C=O) groups excluding carboxylic acids is 1. The first-order chi connectivity index (χ1) is 16.7. The van der Waals surface area contributed by atoms with Gasteiger partial charge < -0.3 is 9.64 Å². The van der Waals surface area contributed by atoms with Gasteiger partial charge in [-0.25, -0.2) is 9.97 Å². The molecule has 3 aromatic heterocycles. The number of carbonyl (C=O) groups is 1. The van der Waals surface area contributed by atoms with Crippen molar-refractivity contribution >= 4 is 17.1 Å². The molecule has 10 nitrogen and oxygen atoms in total. The molecule has 0 saturated heterocycles. The zero-order chi connectivity index (χ0) is 23.3. The second-order valence-electron chi connectivity index (χ2n) is 8.61. The van der Waals surface area contributed by atoms with Gasteiger partial charge in [0.25, 0.3) is 0 Å². The number of fused-ring (bicyclic) bond motifs is 12. The second kappa shape index (κ2) is 9.98. The highest BCUT2D eigenvalue weighted by Crippen LogP contribution is 2.19. The molecule has 1 amide bonds. The number of aryl methyl sites for hydroxylation is 1. The number of ether oxygens (including phenoxy) is 1. The zero-order valence-electron chi connectivity index (χ0n) is 19.3. The third-order valence-corrected chi connectivity index (χ3v) is 5.98. The van der Waals surface area contributed by atoms with Crippen LogP contribution in [0.15, 0.2) is 42.9 Å². The lowest BCUT2D eigenvalue weighted by molar-refractivity contribution is -0.130. The predicted octanol–water partition coefficient (Wildman–Crippen LogP) is 2.80. The van der Waals surface area contributed by atoms with Crippen LogP contribution in [0.25, 0.3) is 16.9 Å². The molecule has 0 radical (unpaired) electrons. The number of rotatable bonds is 0. The predicted molar refractivity (Wildman–Crippen MR) is 126 cm³/mol. The van der Waals surface area contributed by atoms with Gasteiger partial charge >= 0.3 is 0 Å². The average molecular weight is 461 g/mol. The smallest absolute Gasteiger partial charge is 0.222 e. The van der Waals surface area contributed by atoms with E-state index < -0.39 is 0 Å². The van der Waals surface area contributed by atoms with Crippen LogP contribution in [0.1, 0.15) is 43.5 Å². The standard InChI is InChI=1S/C24H28N8O2/c1-30-11-3-4-12-31-17-18(15-26-31)14-22-25-16-21-24(27-22)32(29-28-21)19-7-9-20(10-8-19)34-13-5-2-6-23(30)33/h7-10,15-17H,2-6,11-14H2,1H3. The van der Waals surface area contributed by atoms with E-state index >= 15 is 0 Å². The van der Waals surface area contributed by atoms with E-state index in [1.165, 1.54) is 0 Å². The van der Waals surface area contributed by atoms with Gasteiger partial charge in [0.1, 0.15) is 11.6 Å². The summed E-state index contributed by atoms with van der Waals surface area (Å²) in [6, 6.07) is 7.69. The van der Waals surface area contributed by atoms with Crippen molar-refractivity contribution < 1.29 is 9.53 Å². The molecule has 0 atom stereocenters. The van der Waals surface area contributed by atoms with E-state index in [1.807, 2.05) is 53.3 Å². The van der Waals surface area contributed by atoms with Crippen molar-refractivity contribution in [3.05, 3.63) is 54.2 Å². The highest BCUT2D eigenvalue weighted by molar-refractivity contribution is 5.75. The van der Waals surface area contributed by atoms with Crippen molar-refractivity contribution in [3.8, 4) is 11.4 Å². The Hall–Kier alpha value is -3.82. The van der Waals surface area contributed by atoms with Gasteiger partial charge in [0.2, 0.25) is 5.91 Å². The molecule has 0 fully saturated rings. The maximum Gasteiger partial charge on any atom is 0.222 e. The number of aromatic nitrogens is 7. The molecule has 0 unspecified atom stereocenters. The van der Waals surface area contributed by atoms with Gasteiger partial charge in [0, 0.05) is 39.2 Å². The normalized spacial score (nSPS) is 16.1. The molecule has 176 valence electrons. The van der Waals surface area contributed by atoms with Crippen LogP contribution < -0.4 is 4.74 Å². The lowest BCUT2D eigenvalue weighted by Crippen LogP contribution is -2.27. The summed E-state index contributed by atoms with van der Waals surface area (Å²) < 4.78 is 9.51. The number of nitrogens with zero attached hydrogens (tertiary/aromatic N) is 8. The van der Waals surface area contributed by atoms with Crippen LogP contribution >= 0.6 is 0 Å². The monoisotopic (exact) mass is 460 g/mol. The van der Waals surface area contributed by atoms with Gasteiger partial charge in [0.15, 0.2) is 11.2 Å². The molecule has 6 rings (SSSR count). The summed E-state index contributed by atoms with van der Waals surface area (Å²) in [6.45, 7) is 2.14. The van der Waals surface area contributed by atoms with E-state index in [0.29, 0.717) is 36.4 Å². The van der Waals surface area contributed by atoms with E-state index in [1.54, 1.807) is 10.9 Å². The van der Waals surface area contributed by atoms with Crippen molar-refractivity contribution in [2.75, 3.05) is 20.2 Å². The molecule has 0 N–H and O–H groups in total. The molecule has 1 aromatic carbocycles. The van der Waals surface area contributed by atoms with Crippen LogP contribution in [0.4, 0.5) is 0 Å². The fourth-order valence-electron chi connectivity index (χ4n) is 4.02. The fourth-order valence-corrected chi connectivity index (χ4v) is 4.02. The first-order valence-corrected chi connectivity index (χ1v) is 11.7. The van der Waals surface area contributed by atoms with E-state index in [4.69, 9.17) is 9.72 Å². The minimum Gasteiger partial charge on any atom is -0.494 e. The fraction of sp³-hybridized carbons (Fsp3) is 0.417. The molecule has 0 saturated carbocycles. The summed E-state index contributed by atoms with van der Waals surface area (Å²) in [4.78, 5) is 23.4. The summed E-state index contributed by atoms with van der Waals surface area (Å²) in [5.41, 5.74) is 3.20. The van der Waals surface area contributed by atoms with Crippen LogP contribution in [0.3, 0.4) is 0 Å². The van der Waals surface area contributed by atoms with Crippen molar-refractivity contribution in [2.24, 2.45) is 0 Å². The molecule has 6 bridgehead atoms. The average Bonchev–Trinajstić information content (AvgIpc) is 3.48. The molecular formula is C24H28N8O2. The Balaban J connectivity index is 1.39. The largest absolute Gasteiger partial charge is 0.494 e. The van der Waals surface area contributed by atoms with Crippen LogP contribution in [-0.2, 0) is 17.8 Å². The Labute approximate surface area is 197 Å². The molecule has 2 aliphatic rings. The lowest BCUT2D eigenvalue weighted by Gasteiger charge is -2.17. The van der Waals surface area contributed by atoms with Crippen LogP contribution in [0, 0.1) is 0 Å². The Kier molecular flexibility index (Phi) is 6.46. The van der Waals surface area contributed by atoms with Crippen LogP contribution in [0.2, 0.25) is 0 Å². The molecule has 2 aliphatic heterocycles. The minimum atomic E-state index is 0.185. The summed E-state index contributed by atoms with van der Waals surface area (Å²) >= 11 is 0. The van der Waals surface area contributed by atoms with Crippen LogP contribution in [0.5, 0.6) is 5.75 Å². The van der Waals surface area contributed by atoms with Gasteiger partial charge in [-0.05, 0) is 55.5 Å². The number of hydrogen-bond acceptors (Lipinski definition) is 7. The lowest BCUT2D eigenvalue weighted by atomic mass is 10.2. The number of amides is 1. The van der Waals surface area contributed by atoms with E-state index in [2.05, 4.69) is 20.4 Å². The van der Waals surface area contributed by atoms with Crippen molar-refractivity contribution in [1.29, 1.82) is 0 Å². The summed E-state index contributed by atoms with van der Waals surface area (Å²) in [6.07, 6.45) is 10.3. The number of hydrogen-bond donors (Lipinski definition) is 0. The third kappa shape index (κ3) is 5.05. The Bertz CT molecular complexity index is 1260. The SMILES string of the molecule is CN1CCCCn2cc(cn2)Cc2ncc3nnn(c3n2)-c2ccc(cc2)OCCCCC1=O.